The van der Waals surface area contributed by atoms with E-state index in [4.69, 9.17) is 21.1 Å². The SMILES string of the molecule is O=C(NCCOc1ccccc1F)C1=Cc2cc(Cl)ccc2OC1. The van der Waals surface area contributed by atoms with Crippen molar-refractivity contribution < 1.29 is 18.7 Å². The Hall–Kier alpha value is -2.53. The van der Waals surface area contributed by atoms with Gasteiger partial charge in [-0.1, -0.05) is 23.7 Å². The molecule has 0 aliphatic carbocycles. The first-order valence-electron chi connectivity index (χ1n) is 7.42. The standard InChI is InChI=1S/C18H15ClFNO3/c19-14-5-6-16-12(10-14)9-13(11-24-16)18(22)21-7-8-23-17-4-2-1-3-15(17)20/h1-6,9-10H,7-8,11H2,(H,21,22). The van der Waals surface area contributed by atoms with E-state index in [1.165, 1.54) is 12.1 Å². The van der Waals surface area contributed by atoms with Crippen LogP contribution < -0.4 is 14.8 Å². The molecule has 2 aromatic carbocycles. The predicted molar refractivity (Wildman–Crippen MR) is 89.8 cm³/mol. The summed E-state index contributed by atoms with van der Waals surface area (Å²) in [5.41, 5.74) is 1.26. The molecule has 0 fully saturated rings. The minimum atomic E-state index is -0.430. The van der Waals surface area contributed by atoms with Gasteiger partial charge in [-0.05, 0) is 36.4 Å². The third-order valence-electron chi connectivity index (χ3n) is 3.46. The largest absolute Gasteiger partial charge is 0.489 e. The molecule has 3 rings (SSSR count). The fourth-order valence-corrected chi connectivity index (χ4v) is 2.46. The second kappa shape index (κ2) is 7.36. The van der Waals surface area contributed by atoms with E-state index in [2.05, 4.69) is 5.32 Å². The molecule has 0 spiro atoms. The van der Waals surface area contributed by atoms with Crippen molar-refractivity contribution in [3.63, 3.8) is 0 Å². The number of nitrogens with one attached hydrogen (secondary N) is 1. The van der Waals surface area contributed by atoms with E-state index >= 15 is 0 Å². The second-order valence-electron chi connectivity index (χ2n) is 5.18. The predicted octanol–water partition coefficient (Wildman–Crippen LogP) is 3.45. The summed E-state index contributed by atoms with van der Waals surface area (Å²) >= 11 is 5.94. The number of benzene rings is 2. The van der Waals surface area contributed by atoms with Gasteiger partial charge in [-0.25, -0.2) is 4.39 Å². The lowest BCUT2D eigenvalue weighted by molar-refractivity contribution is -0.117. The van der Waals surface area contributed by atoms with E-state index in [0.717, 1.165) is 5.56 Å². The summed E-state index contributed by atoms with van der Waals surface area (Å²) in [6.07, 6.45) is 1.75. The molecular weight excluding hydrogens is 333 g/mol. The van der Waals surface area contributed by atoms with Crippen LogP contribution in [0.15, 0.2) is 48.0 Å². The molecule has 0 unspecified atom stereocenters. The van der Waals surface area contributed by atoms with Gasteiger partial charge in [0.2, 0.25) is 0 Å². The molecule has 0 saturated carbocycles. The average molecular weight is 348 g/mol. The lowest BCUT2D eigenvalue weighted by Crippen LogP contribution is -2.31. The van der Waals surface area contributed by atoms with E-state index in [9.17, 15) is 9.18 Å². The smallest absolute Gasteiger partial charge is 0.250 e. The van der Waals surface area contributed by atoms with Crippen LogP contribution in [0.5, 0.6) is 11.5 Å². The number of carbonyl (C=O) groups is 1. The van der Waals surface area contributed by atoms with E-state index in [1.54, 1.807) is 36.4 Å². The van der Waals surface area contributed by atoms with Crippen LogP contribution in [0.25, 0.3) is 6.08 Å². The maximum Gasteiger partial charge on any atom is 0.250 e. The molecule has 1 aliphatic rings. The molecule has 0 atom stereocenters. The molecule has 1 aliphatic heterocycles. The Morgan fingerprint density at radius 3 is 2.96 bits per heavy atom. The molecule has 0 bridgehead atoms. The monoisotopic (exact) mass is 347 g/mol. The fraction of sp³-hybridized carbons (Fsp3) is 0.167. The number of fused-ring (bicyclic) bond motifs is 1. The van der Waals surface area contributed by atoms with Crippen LogP contribution in [-0.2, 0) is 4.79 Å². The summed E-state index contributed by atoms with van der Waals surface area (Å²) in [4.78, 5) is 12.1. The zero-order valence-electron chi connectivity index (χ0n) is 12.7. The van der Waals surface area contributed by atoms with Crippen LogP contribution in [0.3, 0.4) is 0 Å². The van der Waals surface area contributed by atoms with Gasteiger partial charge in [0, 0.05) is 10.6 Å². The zero-order chi connectivity index (χ0) is 16.9. The first-order valence-corrected chi connectivity index (χ1v) is 7.80. The summed E-state index contributed by atoms with van der Waals surface area (Å²) < 4.78 is 24.2. The zero-order valence-corrected chi connectivity index (χ0v) is 13.5. The van der Waals surface area contributed by atoms with Gasteiger partial charge < -0.3 is 14.8 Å². The summed E-state index contributed by atoms with van der Waals surface area (Å²) in [6, 6.07) is 11.4. The maximum absolute atomic E-state index is 13.4. The average Bonchev–Trinajstić information content (AvgIpc) is 2.59. The summed E-state index contributed by atoms with van der Waals surface area (Å²) in [5, 5.41) is 3.30. The molecule has 6 heteroatoms. The Labute approximate surface area is 143 Å². The minimum Gasteiger partial charge on any atom is -0.489 e. The van der Waals surface area contributed by atoms with Crippen molar-refractivity contribution in [3.8, 4) is 11.5 Å². The van der Waals surface area contributed by atoms with Gasteiger partial charge >= 0.3 is 0 Å². The third kappa shape index (κ3) is 3.86. The van der Waals surface area contributed by atoms with Crippen LogP contribution in [0.4, 0.5) is 4.39 Å². The van der Waals surface area contributed by atoms with Crippen molar-refractivity contribution in [2.45, 2.75) is 0 Å². The van der Waals surface area contributed by atoms with E-state index in [1.807, 2.05) is 0 Å². The molecule has 24 heavy (non-hydrogen) atoms. The number of halogens is 2. The van der Waals surface area contributed by atoms with Gasteiger partial charge in [0.1, 0.15) is 19.0 Å². The summed E-state index contributed by atoms with van der Waals surface area (Å²) in [5.74, 6) is 0.174. The molecule has 1 amide bonds. The van der Waals surface area contributed by atoms with Gasteiger partial charge in [0.05, 0.1) is 12.1 Å². The Kier molecular flexibility index (Phi) is 5.01. The van der Waals surface area contributed by atoms with Crippen molar-refractivity contribution in [1.82, 2.24) is 5.32 Å². The van der Waals surface area contributed by atoms with Crippen LogP contribution in [0, 0.1) is 5.82 Å². The van der Waals surface area contributed by atoms with Crippen molar-refractivity contribution >= 4 is 23.6 Å². The minimum absolute atomic E-state index is 0.163. The number of hydrogen-bond acceptors (Lipinski definition) is 3. The quantitative estimate of drug-likeness (QED) is 0.843. The highest BCUT2D eigenvalue weighted by Crippen LogP contribution is 2.28. The Bertz CT molecular complexity index is 792. The Morgan fingerprint density at radius 1 is 1.29 bits per heavy atom. The number of amides is 1. The van der Waals surface area contributed by atoms with Gasteiger partial charge in [-0.2, -0.15) is 0 Å². The van der Waals surface area contributed by atoms with Gasteiger partial charge in [0.25, 0.3) is 5.91 Å². The van der Waals surface area contributed by atoms with E-state index in [-0.39, 0.29) is 31.4 Å². The fourth-order valence-electron chi connectivity index (χ4n) is 2.28. The van der Waals surface area contributed by atoms with Crippen molar-refractivity contribution in [2.24, 2.45) is 0 Å². The number of ether oxygens (including phenoxy) is 2. The first-order chi connectivity index (χ1) is 11.6. The molecule has 2 aromatic rings. The summed E-state index contributed by atoms with van der Waals surface area (Å²) in [7, 11) is 0. The topological polar surface area (TPSA) is 47.6 Å². The van der Waals surface area contributed by atoms with Gasteiger partial charge in [0.15, 0.2) is 11.6 Å². The van der Waals surface area contributed by atoms with Crippen LogP contribution in [-0.4, -0.2) is 25.7 Å². The molecule has 1 heterocycles. The third-order valence-corrected chi connectivity index (χ3v) is 3.69. The highest BCUT2D eigenvalue weighted by molar-refractivity contribution is 6.30. The molecule has 0 radical (unpaired) electrons. The Balaban J connectivity index is 1.53. The van der Waals surface area contributed by atoms with Crippen LogP contribution in [0.1, 0.15) is 5.56 Å². The lowest BCUT2D eigenvalue weighted by atomic mass is 10.1. The number of rotatable bonds is 5. The molecule has 124 valence electrons. The van der Waals surface area contributed by atoms with E-state index in [0.29, 0.717) is 16.3 Å². The van der Waals surface area contributed by atoms with Crippen LogP contribution in [0.2, 0.25) is 5.02 Å². The van der Waals surface area contributed by atoms with E-state index < -0.39 is 5.82 Å². The molecule has 0 aromatic heterocycles. The van der Waals surface area contributed by atoms with Crippen molar-refractivity contribution in [1.29, 1.82) is 0 Å². The normalized spacial score (nSPS) is 12.7. The second-order valence-corrected chi connectivity index (χ2v) is 5.61. The van der Waals surface area contributed by atoms with Gasteiger partial charge in [-0.15, -0.1) is 0 Å². The van der Waals surface area contributed by atoms with Gasteiger partial charge in [-0.3, -0.25) is 4.79 Å². The Morgan fingerprint density at radius 2 is 2.12 bits per heavy atom. The number of para-hydroxylation sites is 1. The maximum atomic E-state index is 13.4. The van der Waals surface area contributed by atoms with Crippen LogP contribution >= 0.6 is 11.6 Å². The molecule has 0 saturated heterocycles. The van der Waals surface area contributed by atoms with Crippen molar-refractivity contribution in [2.75, 3.05) is 19.8 Å². The molecular formula is C18H15ClFNO3. The van der Waals surface area contributed by atoms with Crippen molar-refractivity contribution in [3.05, 3.63) is 64.4 Å². The summed E-state index contributed by atoms with van der Waals surface area (Å²) in [6.45, 7) is 0.616. The molecule has 4 nitrogen and oxygen atoms in total. The first kappa shape index (κ1) is 16.3. The number of hydrogen-bond donors (Lipinski definition) is 1. The highest BCUT2D eigenvalue weighted by Gasteiger charge is 2.17. The highest BCUT2D eigenvalue weighted by atomic mass is 35.5. The molecule has 1 N–H and O–H groups in total. The number of carbonyl (C=O) groups excluding carboxylic acids is 1. The lowest BCUT2D eigenvalue weighted by Gasteiger charge is -2.18.